The van der Waals surface area contributed by atoms with Crippen LogP contribution in [0.15, 0.2) is 18.6 Å². The zero-order valence-corrected chi connectivity index (χ0v) is 9.09. The van der Waals surface area contributed by atoms with Gasteiger partial charge < -0.3 is 0 Å². The Morgan fingerprint density at radius 2 is 2.25 bits per heavy atom. The van der Waals surface area contributed by atoms with Gasteiger partial charge in [-0.05, 0) is 6.07 Å². The van der Waals surface area contributed by atoms with Crippen molar-refractivity contribution in [1.82, 2.24) is 9.97 Å². The van der Waals surface area contributed by atoms with E-state index in [1.165, 1.54) is 17.4 Å². The molecule has 1 unspecified atom stereocenters. The summed E-state index contributed by atoms with van der Waals surface area (Å²) in [6, 6.07) is 1.55. The van der Waals surface area contributed by atoms with Crippen LogP contribution in [0.2, 0.25) is 0 Å². The summed E-state index contributed by atoms with van der Waals surface area (Å²) < 4.78 is 22.2. The molecule has 2 heterocycles. The summed E-state index contributed by atoms with van der Waals surface area (Å²) in [6.45, 7) is 0.0503. The third kappa shape index (κ3) is 2.02. The molecule has 1 aliphatic rings. The van der Waals surface area contributed by atoms with Crippen LogP contribution in [0, 0.1) is 0 Å². The lowest BCUT2D eigenvalue weighted by Crippen LogP contribution is -2.32. The zero-order chi connectivity index (χ0) is 11.8. The Morgan fingerprint density at radius 3 is 2.75 bits per heavy atom. The SMILES string of the molecule is NS(=O)(=O)C1CC(=O)N(c2ccncn2)C1. The number of amides is 1. The van der Waals surface area contributed by atoms with E-state index >= 15 is 0 Å². The minimum atomic E-state index is -3.68. The Kier molecular flexibility index (Phi) is 2.60. The summed E-state index contributed by atoms with van der Waals surface area (Å²) in [5.74, 6) is 0.101. The summed E-state index contributed by atoms with van der Waals surface area (Å²) in [5.41, 5.74) is 0. The first kappa shape index (κ1) is 11.0. The molecule has 16 heavy (non-hydrogen) atoms. The fourth-order valence-corrected chi connectivity index (χ4v) is 2.29. The number of anilines is 1. The topological polar surface area (TPSA) is 106 Å². The number of rotatable bonds is 2. The average Bonchev–Trinajstić information content (AvgIpc) is 2.61. The van der Waals surface area contributed by atoms with Gasteiger partial charge in [0, 0.05) is 19.2 Å². The molecular formula is C8H10N4O3S. The Hall–Kier alpha value is -1.54. The molecule has 0 aliphatic carbocycles. The van der Waals surface area contributed by atoms with Gasteiger partial charge in [0.05, 0.1) is 0 Å². The molecule has 0 saturated carbocycles. The van der Waals surface area contributed by atoms with Crippen molar-refractivity contribution in [1.29, 1.82) is 0 Å². The quantitative estimate of drug-likeness (QED) is 0.706. The smallest absolute Gasteiger partial charge is 0.229 e. The molecule has 1 aromatic rings. The van der Waals surface area contributed by atoms with Crippen LogP contribution in [-0.2, 0) is 14.8 Å². The van der Waals surface area contributed by atoms with E-state index in [2.05, 4.69) is 9.97 Å². The molecule has 1 aromatic heterocycles. The number of sulfonamides is 1. The molecule has 0 bridgehead atoms. The van der Waals surface area contributed by atoms with E-state index in [0.29, 0.717) is 5.82 Å². The number of primary sulfonamides is 1. The standard InChI is InChI=1S/C8H10N4O3S/c9-16(14,15)6-3-8(13)12(4-6)7-1-2-10-5-11-7/h1-2,5-6H,3-4H2,(H2,9,14,15). The van der Waals surface area contributed by atoms with Crippen LogP contribution in [0.3, 0.4) is 0 Å². The molecule has 0 aromatic carbocycles. The summed E-state index contributed by atoms with van der Waals surface area (Å²) in [7, 11) is -3.68. The van der Waals surface area contributed by atoms with Gasteiger partial charge in [-0.2, -0.15) is 0 Å². The van der Waals surface area contributed by atoms with Gasteiger partial charge >= 0.3 is 0 Å². The van der Waals surface area contributed by atoms with Crippen molar-refractivity contribution < 1.29 is 13.2 Å². The molecule has 1 atom stereocenters. The summed E-state index contributed by atoms with van der Waals surface area (Å²) in [5, 5.41) is 4.15. The van der Waals surface area contributed by atoms with E-state index in [1.807, 2.05) is 0 Å². The highest BCUT2D eigenvalue weighted by Crippen LogP contribution is 2.21. The molecule has 1 saturated heterocycles. The van der Waals surface area contributed by atoms with Crippen molar-refractivity contribution >= 4 is 21.7 Å². The molecule has 0 radical (unpaired) electrons. The van der Waals surface area contributed by atoms with E-state index in [9.17, 15) is 13.2 Å². The number of hydrogen-bond donors (Lipinski definition) is 1. The molecule has 1 fully saturated rings. The largest absolute Gasteiger partial charge is 0.295 e. The third-order valence-electron chi connectivity index (χ3n) is 2.40. The highest BCUT2D eigenvalue weighted by molar-refractivity contribution is 7.89. The lowest BCUT2D eigenvalue weighted by Gasteiger charge is -2.14. The molecule has 86 valence electrons. The predicted molar refractivity (Wildman–Crippen MR) is 55.9 cm³/mol. The monoisotopic (exact) mass is 242 g/mol. The van der Waals surface area contributed by atoms with Crippen molar-refractivity contribution in [2.75, 3.05) is 11.4 Å². The average molecular weight is 242 g/mol. The number of aromatic nitrogens is 2. The number of nitrogens with two attached hydrogens (primary N) is 1. The molecule has 7 nitrogen and oxygen atoms in total. The Morgan fingerprint density at radius 1 is 1.50 bits per heavy atom. The summed E-state index contributed by atoms with van der Waals surface area (Å²) >= 11 is 0. The Bertz CT molecular complexity index is 501. The highest BCUT2D eigenvalue weighted by Gasteiger charge is 2.37. The van der Waals surface area contributed by atoms with Gasteiger partial charge in [0.2, 0.25) is 15.9 Å². The lowest BCUT2D eigenvalue weighted by atomic mass is 10.4. The van der Waals surface area contributed by atoms with Gasteiger partial charge in [0.15, 0.2) is 0 Å². The zero-order valence-electron chi connectivity index (χ0n) is 8.28. The van der Waals surface area contributed by atoms with E-state index in [-0.39, 0.29) is 18.9 Å². The Labute approximate surface area is 92.3 Å². The van der Waals surface area contributed by atoms with Crippen LogP contribution in [0.4, 0.5) is 5.82 Å². The van der Waals surface area contributed by atoms with Crippen LogP contribution in [0.1, 0.15) is 6.42 Å². The van der Waals surface area contributed by atoms with Gasteiger partial charge in [-0.1, -0.05) is 0 Å². The van der Waals surface area contributed by atoms with Crippen LogP contribution < -0.4 is 10.0 Å². The number of nitrogens with zero attached hydrogens (tertiary/aromatic N) is 3. The minimum absolute atomic E-state index is 0.0503. The number of hydrogen-bond acceptors (Lipinski definition) is 5. The van der Waals surface area contributed by atoms with Gasteiger partial charge in [-0.25, -0.2) is 23.5 Å². The van der Waals surface area contributed by atoms with E-state index in [0.717, 1.165) is 0 Å². The molecule has 8 heteroatoms. The first-order valence-corrected chi connectivity index (χ1v) is 6.17. The van der Waals surface area contributed by atoms with Crippen LogP contribution >= 0.6 is 0 Å². The van der Waals surface area contributed by atoms with Crippen molar-refractivity contribution in [3.8, 4) is 0 Å². The molecule has 1 amide bonds. The van der Waals surface area contributed by atoms with Crippen molar-refractivity contribution in [2.24, 2.45) is 5.14 Å². The third-order valence-corrected chi connectivity index (χ3v) is 3.64. The molecular weight excluding hydrogens is 232 g/mol. The second kappa shape index (κ2) is 3.80. The van der Waals surface area contributed by atoms with E-state index in [1.54, 1.807) is 6.07 Å². The van der Waals surface area contributed by atoms with Crippen LogP contribution in [0.5, 0.6) is 0 Å². The van der Waals surface area contributed by atoms with Crippen LogP contribution in [0.25, 0.3) is 0 Å². The number of carbonyl (C=O) groups is 1. The second-order valence-electron chi connectivity index (χ2n) is 3.49. The Balaban J connectivity index is 2.25. The van der Waals surface area contributed by atoms with E-state index < -0.39 is 15.3 Å². The number of carbonyl (C=O) groups excluding carboxylic acids is 1. The van der Waals surface area contributed by atoms with Gasteiger partial charge in [0.25, 0.3) is 0 Å². The first-order valence-electron chi connectivity index (χ1n) is 4.56. The van der Waals surface area contributed by atoms with Crippen molar-refractivity contribution in [3.05, 3.63) is 18.6 Å². The first-order chi connectivity index (χ1) is 7.48. The maximum Gasteiger partial charge on any atom is 0.229 e. The van der Waals surface area contributed by atoms with Gasteiger partial charge in [-0.3, -0.25) is 9.69 Å². The maximum atomic E-state index is 11.6. The molecule has 2 N–H and O–H groups in total. The minimum Gasteiger partial charge on any atom is -0.295 e. The van der Waals surface area contributed by atoms with Crippen molar-refractivity contribution in [3.63, 3.8) is 0 Å². The fraction of sp³-hybridized carbons (Fsp3) is 0.375. The van der Waals surface area contributed by atoms with Gasteiger partial charge in [-0.15, -0.1) is 0 Å². The molecule has 0 spiro atoms. The fourth-order valence-electron chi connectivity index (χ4n) is 1.56. The van der Waals surface area contributed by atoms with Crippen molar-refractivity contribution in [2.45, 2.75) is 11.7 Å². The lowest BCUT2D eigenvalue weighted by molar-refractivity contribution is -0.117. The maximum absolute atomic E-state index is 11.6. The van der Waals surface area contributed by atoms with Crippen LogP contribution in [-0.4, -0.2) is 36.1 Å². The second-order valence-corrected chi connectivity index (χ2v) is 5.33. The van der Waals surface area contributed by atoms with E-state index in [4.69, 9.17) is 5.14 Å². The summed E-state index contributed by atoms with van der Waals surface area (Å²) in [4.78, 5) is 20.5. The molecule has 1 aliphatic heterocycles. The highest BCUT2D eigenvalue weighted by atomic mass is 32.2. The van der Waals surface area contributed by atoms with Gasteiger partial charge in [0.1, 0.15) is 17.4 Å². The predicted octanol–water partition coefficient (Wildman–Crippen LogP) is -1.13. The summed E-state index contributed by atoms with van der Waals surface area (Å²) in [6.07, 6.45) is 2.69. The molecule has 2 rings (SSSR count). The normalized spacial score (nSPS) is 21.4.